The number of hydrogen-bond donors (Lipinski definition) is 1. The molecule has 0 unspecified atom stereocenters. The fourth-order valence-corrected chi connectivity index (χ4v) is 3.67. The van der Waals surface area contributed by atoms with Crippen LogP contribution in [0.4, 0.5) is 0 Å². The van der Waals surface area contributed by atoms with Gasteiger partial charge in [-0.2, -0.15) is 0 Å². The molecular formula is C24H25N3O4. The quantitative estimate of drug-likeness (QED) is 0.646. The zero-order valence-corrected chi connectivity index (χ0v) is 17.6. The van der Waals surface area contributed by atoms with E-state index in [4.69, 9.17) is 9.47 Å². The third kappa shape index (κ3) is 4.46. The van der Waals surface area contributed by atoms with E-state index in [1.807, 2.05) is 42.1 Å². The van der Waals surface area contributed by atoms with Crippen molar-refractivity contribution in [3.63, 3.8) is 0 Å². The third-order valence-corrected chi connectivity index (χ3v) is 5.36. The van der Waals surface area contributed by atoms with Crippen molar-refractivity contribution in [1.82, 2.24) is 14.8 Å². The van der Waals surface area contributed by atoms with Crippen LogP contribution in [-0.2, 0) is 16.6 Å². The summed E-state index contributed by atoms with van der Waals surface area (Å²) >= 11 is 0. The average molecular weight is 419 g/mol. The number of ether oxygens (including phenoxy) is 2. The van der Waals surface area contributed by atoms with E-state index in [-0.39, 0.29) is 17.5 Å². The smallest absolute Gasteiger partial charge is 0.270 e. The van der Waals surface area contributed by atoms with Crippen molar-refractivity contribution in [3.8, 4) is 5.75 Å². The minimum atomic E-state index is -0.351. The molecule has 1 aromatic heterocycles. The van der Waals surface area contributed by atoms with Gasteiger partial charge in [-0.05, 0) is 36.4 Å². The van der Waals surface area contributed by atoms with Gasteiger partial charge in [0.15, 0.2) is 0 Å². The Balaban J connectivity index is 1.69. The minimum absolute atomic E-state index is 0.224. The summed E-state index contributed by atoms with van der Waals surface area (Å²) in [7, 11) is 3.53. The lowest BCUT2D eigenvalue weighted by Gasteiger charge is -2.27. The van der Waals surface area contributed by atoms with Gasteiger partial charge in [0.05, 0.1) is 20.3 Å². The molecule has 0 radical (unpaired) electrons. The lowest BCUT2D eigenvalue weighted by Crippen LogP contribution is -2.44. The number of morpholine rings is 1. The average Bonchev–Trinajstić information content (AvgIpc) is 3.14. The maximum Gasteiger partial charge on any atom is 0.270 e. The molecule has 1 fully saturated rings. The van der Waals surface area contributed by atoms with Crippen molar-refractivity contribution in [3.05, 3.63) is 71.6 Å². The Morgan fingerprint density at radius 3 is 2.48 bits per heavy atom. The van der Waals surface area contributed by atoms with Crippen molar-refractivity contribution in [2.45, 2.75) is 0 Å². The second-order valence-electron chi connectivity index (χ2n) is 7.36. The van der Waals surface area contributed by atoms with E-state index >= 15 is 0 Å². The molecule has 2 aromatic carbocycles. The highest BCUT2D eigenvalue weighted by molar-refractivity contribution is 6.06. The number of aromatic nitrogens is 1. The number of carbonyl (C=O) groups excluding carboxylic acids is 2. The Bertz CT molecular complexity index is 1130. The number of rotatable bonds is 5. The van der Waals surface area contributed by atoms with E-state index < -0.39 is 0 Å². The van der Waals surface area contributed by atoms with Crippen LogP contribution in [0.15, 0.2) is 60.4 Å². The predicted octanol–water partition coefficient (Wildman–Crippen LogP) is 2.82. The van der Waals surface area contributed by atoms with Gasteiger partial charge in [-0.25, -0.2) is 0 Å². The van der Waals surface area contributed by atoms with Gasteiger partial charge in [-0.3, -0.25) is 9.59 Å². The number of nitrogens with zero attached hydrogens (tertiary/aromatic N) is 2. The molecule has 0 atom stereocenters. The summed E-state index contributed by atoms with van der Waals surface area (Å²) in [6.45, 7) is 1.95. The van der Waals surface area contributed by atoms with Crippen molar-refractivity contribution < 1.29 is 19.1 Å². The van der Waals surface area contributed by atoms with Crippen molar-refractivity contribution in [2.24, 2.45) is 7.05 Å². The number of hydrogen-bond acceptors (Lipinski definition) is 4. The summed E-state index contributed by atoms with van der Waals surface area (Å²) in [5.74, 6) is 0.0845. The van der Waals surface area contributed by atoms with Crippen LogP contribution in [-0.4, -0.2) is 54.7 Å². The molecule has 31 heavy (non-hydrogen) atoms. The number of benzene rings is 2. The first kappa shape index (κ1) is 20.7. The minimum Gasteiger partial charge on any atom is -0.497 e. The molecule has 1 N–H and O–H groups in total. The second kappa shape index (κ2) is 9.06. The summed E-state index contributed by atoms with van der Waals surface area (Å²) in [6, 6.07) is 14.7. The molecule has 3 aromatic rings. The van der Waals surface area contributed by atoms with Gasteiger partial charge in [0, 0.05) is 48.4 Å². The maximum absolute atomic E-state index is 13.3. The Kier molecular flexibility index (Phi) is 6.04. The highest BCUT2D eigenvalue weighted by Crippen LogP contribution is 2.23. The molecule has 0 aliphatic carbocycles. The van der Waals surface area contributed by atoms with Crippen molar-refractivity contribution in [2.75, 3.05) is 33.4 Å². The zero-order valence-electron chi connectivity index (χ0n) is 17.6. The summed E-state index contributed by atoms with van der Waals surface area (Å²) in [5, 5.41) is 3.84. The van der Waals surface area contributed by atoms with Gasteiger partial charge in [0.1, 0.15) is 11.4 Å². The monoisotopic (exact) mass is 419 g/mol. The standard InChI is InChI=1S/C24H25N3O4/c1-26-16-18(20-5-3-4-6-22(20)26)15-21(24(29)27-11-13-31-14-12-27)25-23(28)17-7-9-19(30-2)10-8-17/h3-10,15-16H,11-14H2,1-2H3,(H,25,28). The summed E-state index contributed by atoms with van der Waals surface area (Å²) in [6.07, 6.45) is 3.71. The van der Waals surface area contributed by atoms with Gasteiger partial charge >= 0.3 is 0 Å². The van der Waals surface area contributed by atoms with Gasteiger partial charge < -0.3 is 24.3 Å². The highest BCUT2D eigenvalue weighted by atomic mass is 16.5. The number of aryl methyl sites for hydroxylation is 1. The van der Waals surface area contributed by atoms with Crippen LogP contribution in [0.2, 0.25) is 0 Å². The Labute approximate surface area is 180 Å². The topological polar surface area (TPSA) is 72.8 Å². The van der Waals surface area contributed by atoms with Gasteiger partial charge in [-0.1, -0.05) is 18.2 Å². The van der Waals surface area contributed by atoms with Crippen molar-refractivity contribution in [1.29, 1.82) is 0 Å². The van der Waals surface area contributed by atoms with Gasteiger partial charge in [0.2, 0.25) is 0 Å². The Morgan fingerprint density at radius 2 is 1.77 bits per heavy atom. The summed E-state index contributed by atoms with van der Waals surface area (Å²) in [5.41, 5.74) is 2.59. The molecule has 160 valence electrons. The summed E-state index contributed by atoms with van der Waals surface area (Å²) < 4.78 is 12.5. The highest BCUT2D eigenvalue weighted by Gasteiger charge is 2.23. The van der Waals surface area contributed by atoms with Crippen LogP contribution in [0.1, 0.15) is 15.9 Å². The fraction of sp³-hybridized carbons (Fsp3) is 0.250. The molecule has 1 aliphatic rings. The number of fused-ring (bicyclic) bond motifs is 1. The van der Waals surface area contributed by atoms with E-state index in [1.165, 1.54) is 0 Å². The molecule has 2 heterocycles. The SMILES string of the molecule is COc1ccc(C(=O)NC(=Cc2cn(C)c3ccccc23)C(=O)N2CCOCC2)cc1. The largest absolute Gasteiger partial charge is 0.497 e. The molecule has 7 nitrogen and oxygen atoms in total. The maximum atomic E-state index is 13.3. The van der Waals surface area contributed by atoms with Crippen LogP contribution in [0, 0.1) is 0 Å². The van der Waals surface area contributed by atoms with Gasteiger partial charge in [0.25, 0.3) is 11.8 Å². The van der Waals surface area contributed by atoms with Crippen LogP contribution in [0.25, 0.3) is 17.0 Å². The molecule has 0 spiro atoms. The molecule has 4 rings (SSSR count). The van der Waals surface area contributed by atoms with E-state index in [0.717, 1.165) is 16.5 Å². The molecule has 1 saturated heterocycles. The predicted molar refractivity (Wildman–Crippen MR) is 119 cm³/mol. The van der Waals surface area contributed by atoms with Gasteiger partial charge in [-0.15, -0.1) is 0 Å². The Hall–Kier alpha value is -3.58. The number of nitrogens with one attached hydrogen (secondary N) is 1. The molecule has 1 aliphatic heterocycles. The zero-order chi connectivity index (χ0) is 21.8. The first-order chi connectivity index (χ1) is 15.1. The van der Waals surface area contributed by atoms with Crippen molar-refractivity contribution >= 4 is 28.8 Å². The van der Waals surface area contributed by atoms with E-state index in [2.05, 4.69) is 5.32 Å². The van der Waals surface area contributed by atoms with E-state index in [0.29, 0.717) is 37.6 Å². The van der Waals surface area contributed by atoms with E-state index in [1.54, 1.807) is 42.4 Å². The Morgan fingerprint density at radius 1 is 1.06 bits per heavy atom. The number of para-hydroxylation sites is 1. The lowest BCUT2D eigenvalue weighted by molar-refractivity contribution is -0.131. The van der Waals surface area contributed by atoms with Crippen LogP contribution in [0.3, 0.4) is 0 Å². The molecular weight excluding hydrogens is 394 g/mol. The third-order valence-electron chi connectivity index (χ3n) is 5.36. The van der Waals surface area contributed by atoms with E-state index in [9.17, 15) is 9.59 Å². The number of amides is 2. The fourth-order valence-electron chi connectivity index (χ4n) is 3.67. The van der Waals surface area contributed by atoms with Crippen LogP contribution >= 0.6 is 0 Å². The normalized spacial score (nSPS) is 14.5. The molecule has 7 heteroatoms. The number of methoxy groups -OCH3 is 1. The van der Waals surface area contributed by atoms with Crippen LogP contribution < -0.4 is 10.1 Å². The molecule has 0 saturated carbocycles. The number of carbonyl (C=O) groups is 2. The first-order valence-electron chi connectivity index (χ1n) is 10.1. The molecule has 2 amide bonds. The second-order valence-corrected chi connectivity index (χ2v) is 7.36. The first-order valence-corrected chi connectivity index (χ1v) is 10.1. The summed E-state index contributed by atoms with van der Waals surface area (Å²) in [4.78, 5) is 27.9. The van der Waals surface area contributed by atoms with Crippen LogP contribution in [0.5, 0.6) is 5.75 Å². The molecule has 0 bridgehead atoms. The lowest BCUT2D eigenvalue weighted by atomic mass is 10.1.